The zero-order valence-electron chi connectivity index (χ0n) is 7.62. The first kappa shape index (κ1) is 8.85. The maximum atomic E-state index is 8.39. The van der Waals surface area contributed by atoms with Gasteiger partial charge in [-0.2, -0.15) is 5.26 Å². The number of nitriles is 1. The van der Waals surface area contributed by atoms with Crippen LogP contribution in [0.5, 0.6) is 0 Å². The highest BCUT2D eigenvalue weighted by atomic mass is 15.4. The monoisotopic (exact) mass is 166 g/mol. The van der Waals surface area contributed by atoms with Gasteiger partial charge < -0.3 is 9.80 Å². The number of nitrogens with zero attached hydrogens (tertiary/aromatic N) is 4. The van der Waals surface area contributed by atoms with Crippen LogP contribution in [0.25, 0.3) is 0 Å². The van der Waals surface area contributed by atoms with Crippen molar-refractivity contribution < 1.29 is 0 Å². The molecule has 0 fully saturated rings. The Labute approximate surface area is 73.1 Å². The van der Waals surface area contributed by atoms with E-state index in [1.165, 1.54) is 0 Å². The zero-order valence-corrected chi connectivity index (χ0v) is 7.62. The van der Waals surface area contributed by atoms with Gasteiger partial charge in [0.25, 0.3) is 0 Å². The summed E-state index contributed by atoms with van der Waals surface area (Å²) in [6.45, 7) is 2.63. The third kappa shape index (κ3) is 1.88. The molecule has 12 heavy (non-hydrogen) atoms. The van der Waals surface area contributed by atoms with Crippen molar-refractivity contribution in [1.82, 2.24) is 9.80 Å². The first-order valence-electron chi connectivity index (χ1n) is 4.09. The summed E-state index contributed by atoms with van der Waals surface area (Å²) < 4.78 is 0. The molecule has 0 unspecified atom stereocenters. The van der Waals surface area contributed by atoms with Crippen molar-refractivity contribution >= 4 is 5.96 Å². The first-order chi connectivity index (χ1) is 5.75. The van der Waals surface area contributed by atoms with Crippen LogP contribution in [-0.4, -0.2) is 49.5 Å². The van der Waals surface area contributed by atoms with Crippen molar-refractivity contribution in [1.29, 1.82) is 5.26 Å². The third-order valence-electron chi connectivity index (χ3n) is 1.93. The number of hydrogen-bond acceptors (Lipinski definition) is 4. The van der Waals surface area contributed by atoms with E-state index in [0.29, 0.717) is 6.42 Å². The van der Waals surface area contributed by atoms with Gasteiger partial charge in [-0.15, -0.1) is 0 Å². The van der Waals surface area contributed by atoms with E-state index in [1.54, 1.807) is 0 Å². The highest BCUT2D eigenvalue weighted by Crippen LogP contribution is 2.01. The summed E-state index contributed by atoms with van der Waals surface area (Å²) in [6, 6.07) is 2.12. The smallest absolute Gasteiger partial charge is 0.196 e. The highest BCUT2D eigenvalue weighted by Gasteiger charge is 2.15. The van der Waals surface area contributed by atoms with Crippen LogP contribution >= 0.6 is 0 Å². The molecular formula is C8H14N4. The molecular weight excluding hydrogens is 152 g/mol. The lowest BCUT2D eigenvalue weighted by molar-refractivity contribution is 0.424. The summed E-state index contributed by atoms with van der Waals surface area (Å²) in [5.41, 5.74) is 0. The molecule has 0 spiro atoms. The minimum absolute atomic E-state index is 0.559. The SMILES string of the molecule is CN(CCC#N)C1=NCCN1C. The van der Waals surface area contributed by atoms with Crippen molar-refractivity contribution in [2.45, 2.75) is 6.42 Å². The van der Waals surface area contributed by atoms with Crippen LogP contribution in [0.2, 0.25) is 0 Å². The Morgan fingerprint density at radius 3 is 3.00 bits per heavy atom. The van der Waals surface area contributed by atoms with E-state index >= 15 is 0 Å². The van der Waals surface area contributed by atoms with E-state index in [2.05, 4.69) is 16.0 Å². The lowest BCUT2D eigenvalue weighted by Crippen LogP contribution is -2.37. The Morgan fingerprint density at radius 2 is 2.50 bits per heavy atom. The van der Waals surface area contributed by atoms with E-state index in [9.17, 15) is 0 Å². The third-order valence-corrected chi connectivity index (χ3v) is 1.93. The number of likely N-dealkylation sites (N-methyl/N-ethyl adjacent to an activating group) is 1. The number of rotatable bonds is 2. The molecule has 1 aliphatic rings. The molecule has 0 saturated heterocycles. The summed E-state index contributed by atoms with van der Waals surface area (Å²) in [6.07, 6.45) is 0.559. The summed E-state index contributed by atoms with van der Waals surface area (Å²) in [4.78, 5) is 8.46. The number of aliphatic imine (C=N–C) groups is 1. The van der Waals surface area contributed by atoms with Crippen LogP contribution in [0.15, 0.2) is 4.99 Å². The molecule has 0 N–H and O–H groups in total. The van der Waals surface area contributed by atoms with Gasteiger partial charge in [0.05, 0.1) is 19.0 Å². The fourth-order valence-corrected chi connectivity index (χ4v) is 1.25. The molecule has 0 bridgehead atoms. The Balaban J connectivity index is 2.42. The standard InChI is InChI=1S/C8H14N4/c1-11(6-3-4-9)8-10-5-7-12(8)2/h3,5-7H2,1-2H3. The van der Waals surface area contributed by atoms with E-state index < -0.39 is 0 Å². The first-order valence-corrected chi connectivity index (χ1v) is 4.09. The molecule has 4 heteroatoms. The van der Waals surface area contributed by atoms with Crippen LogP contribution in [0, 0.1) is 11.3 Å². The topological polar surface area (TPSA) is 42.6 Å². The molecule has 1 heterocycles. The molecule has 0 atom stereocenters. The van der Waals surface area contributed by atoms with Gasteiger partial charge in [0, 0.05) is 27.2 Å². The van der Waals surface area contributed by atoms with E-state index in [4.69, 9.17) is 5.26 Å². The van der Waals surface area contributed by atoms with E-state index in [1.807, 2.05) is 19.0 Å². The van der Waals surface area contributed by atoms with Gasteiger partial charge in [-0.25, -0.2) is 0 Å². The fourth-order valence-electron chi connectivity index (χ4n) is 1.25. The van der Waals surface area contributed by atoms with Gasteiger partial charge in [0.2, 0.25) is 0 Å². The van der Waals surface area contributed by atoms with Crippen LogP contribution in [-0.2, 0) is 0 Å². The summed E-state index contributed by atoms with van der Waals surface area (Å²) in [5.74, 6) is 1.00. The predicted octanol–water partition coefficient (Wildman–Crippen LogP) is 0.133. The van der Waals surface area contributed by atoms with Crippen LogP contribution in [0.1, 0.15) is 6.42 Å². The quantitative estimate of drug-likeness (QED) is 0.585. The molecule has 0 saturated carbocycles. The van der Waals surface area contributed by atoms with Gasteiger partial charge >= 0.3 is 0 Å². The second-order valence-electron chi connectivity index (χ2n) is 2.93. The molecule has 0 aromatic heterocycles. The highest BCUT2D eigenvalue weighted by molar-refractivity contribution is 5.81. The second-order valence-corrected chi connectivity index (χ2v) is 2.93. The largest absolute Gasteiger partial charge is 0.345 e. The van der Waals surface area contributed by atoms with Gasteiger partial charge in [-0.3, -0.25) is 4.99 Å². The minimum atomic E-state index is 0.559. The lowest BCUT2D eigenvalue weighted by atomic mass is 10.4. The molecule has 1 rings (SSSR count). The zero-order chi connectivity index (χ0) is 8.97. The second kappa shape index (κ2) is 3.96. The molecule has 66 valence electrons. The Kier molecular flexibility index (Phi) is 2.92. The lowest BCUT2D eigenvalue weighted by Gasteiger charge is -2.23. The van der Waals surface area contributed by atoms with Crippen molar-refractivity contribution in [2.75, 3.05) is 33.7 Å². The van der Waals surface area contributed by atoms with Crippen LogP contribution in [0.4, 0.5) is 0 Å². The summed E-state index contributed by atoms with van der Waals surface area (Å²) in [5, 5.41) is 8.39. The average Bonchev–Trinajstić information content (AvgIpc) is 2.47. The van der Waals surface area contributed by atoms with Gasteiger partial charge in [-0.05, 0) is 0 Å². The minimum Gasteiger partial charge on any atom is -0.345 e. The maximum Gasteiger partial charge on any atom is 0.196 e. The van der Waals surface area contributed by atoms with Crippen molar-refractivity contribution in [3.05, 3.63) is 0 Å². The van der Waals surface area contributed by atoms with E-state index in [-0.39, 0.29) is 0 Å². The fraction of sp³-hybridized carbons (Fsp3) is 0.750. The van der Waals surface area contributed by atoms with Crippen LogP contribution < -0.4 is 0 Å². The molecule has 0 aromatic rings. The van der Waals surface area contributed by atoms with Crippen LogP contribution in [0.3, 0.4) is 0 Å². The molecule has 0 amide bonds. The molecule has 0 aromatic carbocycles. The maximum absolute atomic E-state index is 8.39. The Morgan fingerprint density at radius 1 is 1.75 bits per heavy atom. The van der Waals surface area contributed by atoms with Gasteiger partial charge in [0.15, 0.2) is 5.96 Å². The normalized spacial score (nSPS) is 15.8. The molecule has 0 aliphatic carbocycles. The summed E-state index contributed by atoms with van der Waals surface area (Å²) >= 11 is 0. The Hall–Kier alpha value is -1.24. The summed E-state index contributed by atoms with van der Waals surface area (Å²) in [7, 11) is 3.99. The number of hydrogen-bond donors (Lipinski definition) is 0. The molecule has 0 radical (unpaired) electrons. The molecule has 1 aliphatic heterocycles. The molecule has 4 nitrogen and oxygen atoms in total. The van der Waals surface area contributed by atoms with Gasteiger partial charge in [0.1, 0.15) is 0 Å². The van der Waals surface area contributed by atoms with Crippen molar-refractivity contribution in [3.8, 4) is 6.07 Å². The van der Waals surface area contributed by atoms with Crippen molar-refractivity contribution in [3.63, 3.8) is 0 Å². The predicted molar refractivity (Wildman–Crippen MR) is 47.8 cm³/mol. The average molecular weight is 166 g/mol. The van der Waals surface area contributed by atoms with Crippen molar-refractivity contribution in [2.24, 2.45) is 4.99 Å². The van der Waals surface area contributed by atoms with Gasteiger partial charge in [-0.1, -0.05) is 0 Å². The van der Waals surface area contributed by atoms with E-state index in [0.717, 1.165) is 25.6 Å². The Bertz CT molecular complexity index is 216. The number of guanidine groups is 1.